The van der Waals surface area contributed by atoms with Gasteiger partial charge in [0.25, 0.3) is 0 Å². The first-order chi connectivity index (χ1) is 5.89. The number of hydrogen-bond acceptors (Lipinski definition) is 2. The smallest absolute Gasteiger partial charge is 0.237 e. The van der Waals surface area contributed by atoms with Crippen molar-refractivity contribution in [3.8, 4) is 0 Å². The summed E-state index contributed by atoms with van der Waals surface area (Å²) in [5.41, 5.74) is 5.61. The monoisotopic (exact) mass is 186 g/mol. The second-order valence-electron chi connectivity index (χ2n) is 4.49. The average Bonchev–Trinajstić information content (AvgIpc) is 2.01. The molecule has 0 saturated carbocycles. The molecule has 0 aromatic carbocycles. The van der Waals surface area contributed by atoms with Crippen LogP contribution in [-0.2, 0) is 4.79 Å². The molecule has 3 heteroatoms. The number of amides is 1. The molecule has 0 aromatic rings. The fourth-order valence-corrected chi connectivity index (χ4v) is 0.892. The minimum atomic E-state index is -0.413. The van der Waals surface area contributed by atoms with Crippen LogP contribution < -0.4 is 11.1 Å². The molecule has 3 nitrogen and oxygen atoms in total. The predicted molar refractivity (Wildman–Crippen MR) is 55.3 cm³/mol. The third-order valence-electron chi connectivity index (χ3n) is 2.05. The number of nitrogens with two attached hydrogens (primary N) is 1. The van der Waals surface area contributed by atoms with Crippen molar-refractivity contribution < 1.29 is 4.79 Å². The summed E-state index contributed by atoms with van der Waals surface area (Å²) in [6.45, 7) is 8.74. The second kappa shape index (κ2) is 5.22. The second-order valence-corrected chi connectivity index (χ2v) is 4.49. The molecule has 0 spiro atoms. The van der Waals surface area contributed by atoms with Gasteiger partial charge in [0.05, 0.1) is 6.04 Å². The van der Waals surface area contributed by atoms with Gasteiger partial charge < -0.3 is 11.1 Å². The van der Waals surface area contributed by atoms with E-state index >= 15 is 0 Å². The van der Waals surface area contributed by atoms with Crippen LogP contribution in [0.5, 0.6) is 0 Å². The zero-order valence-electron chi connectivity index (χ0n) is 9.18. The van der Waals surface area contributed by atoms with Crippen LogP contribution in [0.3, 0.4) is 0 Å². The summed E-state index contributed by atoms with van der Waals surface area (Å²) in [6, 6.07) is -0.413. The van der Waals surface area contributed by atoms with Gasteiger partial charge in [-0.25, -0.2) is 0 Å². The van der Waals surface area contributed by atoms with E-state index in [1.807, 2.05) is 20.8 Å². The number of rotatable bonds is 4. The standard InChI is InChI=1S/C10H22N2O/c1-5-6-7-12-9(13)8(11)10(2,3)4/h8H,5-7,11H2,1-4H3,(H,12,13)/t8-/m1/s1. The van der Waals surface area contributed by atoms with Crippen molar-refractivity contribution in [3.63, 3.8) is 0 Å². The van der Waals surface area contributed by atoms with Gasteiger partial charge in [0.2, 0.25) is 5.91 Å². The van der Waals surface area contributed by atoms with Crippen LogP contribution in [-0.4, -0.2) is 18.5 Å². The van der Waals surface area contributed by atoms with Crippen LogP contribution >= 0.6 is 0 Å². The zero-order valence-corrected chi connectivity index (χ0v) is 9.18. The van der Waals surface area contributed by atoms with Crippen molar-refractivity contribution in [2.24, 2.45) is 11.1 Å². The van der Waals surface area contributed by atoms with Gasteiger partial charge in [-0.05, 0) is 11.8 Å². The van der Waals surface area contributed by atoms with E-state index in [1.165, 1.54) is 0 Å². The maximum atomic E-state index is 11.4. The molecular formula is C10H22N2O. The Bertz CT molecular complexity index is 161. The first-order valence-electron chi connectivity index (χ1n) is 4.93. The van der Waals surface area contributed by atoms with Gasteiger partial charge in [-0.2, -0.15) is 0 Å². The SMILES string of the molecule is CCCCNC(=O)[C@@H](N)C(C)(C)C. The Labute approximate surface area is 81.1 Å². The molecule has 0 fully saturated rings. The van der Waals surface area contributed by atoms with Gasteiger partial charge in [-0.3, -0.25) is 4.79 Å². The first kappa shape index (κ1) is 12.4. The molecule has 0 rings (SSSR count). The van der Waals surface area contributed by atoms with Crippen molar-refractivity contribution in [2.75, 3.05) is 6.54 Å². The van der Waals surface area contributed by atoms with Crippen LogP contribution in [0.15, 0.2) is 0 Å². The van der Waals surface area contributed by atoms with Crippen LogP contribution in [0.1, 0.15) is 40.5 Å². The van der Waals surface area contributed by atoms with E-state index in [0.29, 0.717) is 0 Å². The molecule has 0 saturated heterocycles. The molecule has 0 bridgehead atoms. The summed E-state index contributed by atoms with van der Waals surface area (Å²) in [4.78, 5) is 11.4. The maximum Gasteiger partial charge on any atom is 0.237 e. The van der Waals surface area contributed by atoms with Crippen LogP contribution in [0.2, 0.25) is 0 Å². The van der Waals surface area contributed by atoms with Crippen molar-refractivity contribution in [1.82, 2.24) is 5.32 Å². The molecule has 0 heterocycles. The highest BCUT2D eigenvalue weighted by Crippen LogP contribution is 2.16. The fraction of sp³-hybridized carbons (Fsp3) is 0.900. The minimum absolute atomic E-state index is 0.0408. The van der Waals surface area contributed by atoms with E-state index in [4.69, 9.17) is 5.73 Å². The highest BCUT2D eigenvalue weighted by molar-refractivity contribution is 5.82. The fourth-order valence-electron chi connectivity index (χ4n) is 0.892. The van der Waals surface area contributed by atoms with Crippen LogP contribution in [0.25, 0.3) is 0 Å². The normalized spacial score (nSPS) is 13.9. The lowest BCUT2D eigenvalue weighted by Gasteiger charge is -2.25. The third-order valence-corrected chi connectivity index (χ3v) is 2.05. The first-order valence-corrected chi connectivity index (χ1v) is 4.93. The number of unbranched alkanes of at least 4 members (excludes halogenated alkanes) is 1. The molecule has 13 heavy (non-hydrogen) atoms. The highest BCUT2D eigenvalue weighted by Gasteiger charge is 2.26. The summed E-state index contributed by atoms with van der Waals surface area (Å²) in [6.07, 6.45) is 2.10. The van der Waals surface area contributed by atoms with Gasteiger partial charge in [-0.15, -0.1) is 0 Å². The Morgan fingerprint density at radius 3 is 2.38 bits per heavy atom. The molecule has 0 unspecified atom stereocenters. The Morgan fingerprint density at radius 2 is 2.00 bits per heavy atom. The number of hydrogen-bond donors (Lipinski definition) is 2. The maximum absolute atomic E-state index is 11.4. The molecule has 0 aliphatic heterocycles. The van der Waals surface area contributed by atoms with Crippen LogP contribution in [0, 0.1) is 5.41 Å². The summed E-state index contributed by atoms with van der Waals surface area (Å²) in [5, 5.41) is 2.83. The predicted octanol–water partition coefficient (Wildman–Crippen LogP) is 1.28. The van der Waals surface area contributed by atoms with Gasteiger partial charge in [0, 0.05) is 6.54 Å². The van der Waals surface area contributed by atoms with E-state index in [1.54, 1.807) is 0 Å². The Morgan fingerprint density at radius 1 is 1.46 bits per heavy atom. The van der Waals surface area contributed by atoms with Crippen LogP contribution in [0.4, 0.5) is 0 Å². The number of nitrogens with one attached hydrogen (secondary N) is 1. The summed E-state index contributed by atoms with van der Waals surface area (Å²) < 4.78 is 0. The van der Waals surface area contributed by atoms with E-state index in [2.05, 4.69) is 12.2 Å². The van der Waals surface area contributed by atoms with E-state index in [-0.39, 0.29) is 11.3 Å². The molecule has 1 atom stereocenters. The minimum Gasteiger partial charge on any atom is -0.355 e. The lowest BCUT2D eigenvalue weighted by Crippen LogP contribution is -2.48. The van der Waals surface area contributed by atoms with Gasteiger partial charge >= 0.3 is 0 Å². The average molecular weight is 186 g/mol. The van der Waals surface area contributed by atoms with E-state index in [0.717, 1.165) is 19.4 Å². The van der Waals surface area contributed by atoms with Crippen molar-refractivity contribution in [3.05, 3.63) is 0 Å². The molecule has 0 aliphatic rings. The largest absolute Gasteiger partial charge is 0.355 e. The van der Waals surface area contributed by atoms with Gasteiger partial charge in [0.1, 0.15) is 0 Å². The molecule has 3 N–H and O–H groups in total. The molecule has 78 valence electrons. The number of carbonyl (C=O) groups is 1. The van der Waals surface area contributed by atoms with E-state index in [9.17, 15) is 4.79 Å². The lowest BCUT2D eigenvalue weighted by atomic mass is 9.87. The Hall–Kier alpha value is -0.570. The van der Waals surface area contributed by atoms with Gasteiger partial charge in [0.15, 0.2) is 0 Å². The number of carbonyl (C=O) groups excluding carboxylic acids is 1. The quantitative estimate of drug-likeness (QED) is 0.650. The summed E-state index contributed by atoms with van der Waals surface area (Å²) >= 11 is 0. The molecular weight excluding hydrogens is 164 g/mol. The Balaban J connectivity index is 3.84. The highest BCUT2D eigenvalue weighted by atomic mass is 16.2. The topological polar surface area (TPSA) is 55.1 Å². The van der Waals surface area contributed by atoms with Crippen molar-refractivity contribution in [2.45, 2.75) is 46.6 Å². The molecule has 0 radical (unpaired) electrons. The summed E-state index contributed by atoms with van der Waals surface area (Å²) in [7, 11) is 0. The zero-order chi connectivity index (χ0) is 10.5. The third kappa shape index (κ3) is 4.88. The molecule has 0 aromatic heterocycles. The lowest BCUT2D eigenvalue weighted by molar-refractivity contribution is -0.124. The Kier molecular flexibility index (Phi) is 4.99. The molecule has 0 aliphatic carbocycles. The van der Waals surface area contributed by atoms with Crippen molar-refractivity contribution >= 4 is 5.91 Å². The summed E-state index contributed by atoms with van der Waals surface area (Å²) in [5.74, 6) is -0.0408. The van der Waals surface area contributed by atoms with E-state index < -0.39 is 6.04 Å². The molecule has 1 amide bonds. The van der Waals surface area contributed by atoms with Gasteiger partial charge in [-0.1, -0.05) is 34.1 Å². The van der Waals surface area contributed by atoms with Crippen molar-refractivity contribution in [1.29, 1.82) is 0 Å².